The summed E-state index contributed by atoms with van der Waals surface area (Å²) < 4.78 is 44.4. The van der Waals surface area contributed by atoms with Crippen LogP contribution in [0.3, 0.4) is 0 Å². The minimum absolute atomic E-state index is 0.0897. The van der Waals surface area contributed by atoms with E-state index in [1.807, 2.05) is 78.9 Å². The van der Waals surface area contributed by atoms with Crippen molar-refractivity contribution in [2.75, 3.05) is 66.9 Å². The molecule has 0 saturated carbocycles. The molecule has 0 spiro atoms. The van der Waals surface area contributed by atoms with E-state index in [2.05, 4.69) is 127 Å². The van der Waals surface area contributed by atoms with E-state index < -0.39 is 0 Å². The Morgan fingerprint density at radius 3 is 1.35 bits per heavy atom. The summed E-state index contributed by atoms with van der Waals surface area (Å²) in [5, 5.41) is 4.29. The molecule has 0 fully saturated rings. The first-order valence-electron chi connectivity index (χ1n) is 23.9. The van der Waals surface area contributed by atoms with E-state index in [-0.39, 0.29) is 12.1 Å². The molecule has 0 bridgehead atoms. The van der Waals surface area contributed by atoms with Crippen LogP contribution >= 0.6 is 0 Å². The summed E-state index contributed by atoms with van der Waals surface area (Å²) in [7, 11) is 13.3. The van der Waals surface area contributed by atoms with Gasteiger partial charge in [-0.1, -0.05) is 76.2 Å². The number of para-hydroxylation sites is 2. The van der Waals surface area contributed by atoms with Crippen LogP contribution in [-0.4, -0.2) is 56.9 Å². The van der Waals surface area contributed by atoms with Crippen molar-refractivity contribution in [2.45, 2.75) is 51.6 Å². The van der Waals surface area contributed by atoms with Crippen molar-refractivity contribution in [1.82, 2.24) is 10.9 Å². The number of hydrogen-bond acceptors (Lipinski definition) is 12. The summed E-state index contributed by atoms with van der Waals surface area (Å²) in [5.74, 6) is 6.77. The monoisotopic (exact) mass is 973 g/mol. The summed E-state index contributed by atoms with van der Waals surface area (Å²) >= 11 is 0. The lowest BCUT2D eigenvalue weighted by molar-refractivity contribution is 0.350. The quantitative estimate of drug-likeness (QED) is 0.0857. The maximum atomic E-state index is 5.78. The van der Waals surface area contributed by atoms with Gasteiger partial charge in [0.25, 0.3) is 0 Å². The van der Waals surface area contributed by atoms with E-state index in [1.54, 1.807) is 56.9 Å². The van der Waals surface area contributed by atoms with Crippen LogP contribution < -0.4 is 58.8 Å². The molecule has 0 aliphatic carbocycles. The molecule has 8 rings (SSSR count). The molecule has 0 saturated heterocycles. The molecule has 2 aliphatic heterocycles. The van der Waals surface area contributed by atoms with Crippen LogP contribution in [0.1, 0.15) is 85.0 Å². The second-order valence-electron chi connectivity index (χ2n) is 17.6. The average Bonchev–Trinajstić information content (AvgIpc) is 4.06. The molecule has 0 radical (unpaired) electrons. The van der Waals surface area contributed by atoms with Gasteiger partial charge < -0.3 is 37.9 Å². The molecular formula is C60H68N4O8. The fourth-order valence-electron chi connectivity index (χ4n) is 8.68. The highest BCUT2D eigenvalue weighted by atomic mass is 16.5. The van der Waals surface area contributed by atoms with Crippen molar-refractivity contribution in [2.24, 2.45) is 0 Å². The van der Waals surface area contributed by atoms with Crippen LogP contribution in [0.25, 0.3) is 12.2 Å². The highest BCUT2D eigenvalue weighted by molar-refractivity contribution is 5.67. The number of benzene rings is 6. The van der Waals surface area contributed by atoms with Crippen LogP contribution in [0, 0.1) is 0 Å². The summed E-state index contributed by atoms with van der Waals surface area (Å²) in [4.78, 5) is 0. The van der Waals surface area contributed by atoms with E-state index in [0.29, 0.717) is 34.8 Å². The van der Waals surface area contributed by atoms with Crippen LogP contribution in [0.4, 0.5) is 11.4 Å². The van der Waals surface area contributed by atoms with Crippen LogP contribution in [0.15, 0.2) is 157 Å². The van der Waals surface area contributed by atoms with Gasteiger partial charge in [-0.25, -0.2) is 0 Å². The molecule has 2 aliphatic rings. The van der Waals surface area contributed by atoms with E-state index in [4.69, 9.17) is 37.9 Å². The number of rotatable bonds is 18. The van der Waals surface area contributed by atoms with Gasteiger partial charge in [0.15, 0.2) is 23.0 Å². The van der Waals surface area contributed by atoms with Crippen molar-refractivity contribution in [1.29, 1.82) is 0 Å². The Hall–Kier alpha value is -8.12. The van der Waals surface area contributed by atoms with Gasteiger partial charge in [-0.2, -0.15) is 0 Å². The Kier molecular flexibility index (Phi) is 17.3. The van der Waals surface area contributed by atoms with Crippen molar-refractivity contribution >= 4 is 23.5 Å². The van der Waals surface area contributed by atoms with E-state index >= 15 is 0 Å². The van der Waals surface area contributed by atoms with E-state index in [9.17, 15) is 0 Å². The van der Waals surface area contributed by atoms with Crippen LogP contribution in [-0.2, 0) is 0 Å². The fraction of sp³-hybridized carbons (Fsp3) is 0.267. The molecule has 12 heteroatoms. The number of ether oxygens (including phenoxy) is 8. The van der Waals surface area contributed by atoms with Crippen molar-refractivity contribution in [3.05, 3.63) is 190 Å². The number of nitrogens with zero attached hydrogens (tertiary/aromatic N) is 2. The zero-order valence-corrected chi connectivity index (χ0v) is 43.5. The Bertz CT molecular complexity index is 2890. The van der Waals surface area contributed by atoms with Gasteiger partial charge >= 0.3 is 0 Å². The summed E-state index contributed by atoms with van der Waals surface area (Å²) in [6.07, 6.45) is 12.5. The third-order valence-electron chi connectivity index (χ3n) is 12.7. The van der Waals surface area contributed by atoms with Gasteiger partial charge in [0.05, 0.1) is 91.7 Å². The highest BCUT2D eigenvalue weighted by Gasteiger charge is 2.31. The first-order chi connectivity index (χ1) is 35.0. The molecule has 376 valence electrons. The van der Waals surface area contributed by atoms with Crippen molar-refractivity contribution in [3.8, 4) is 46.0 Å². The lowest BCUT2D eigenvalue weighted by atomic mass is 10.0. The molecule has 6 aromatic rings. The lowest BCUT2D eigenvalue weighted by Gasteiger charge is -2.29. The molecule has 2 heterocycles. The van der Waals surface area contributed by atoms with Crippen molar-refractivity contribution in [3.63, 3.8) is 0 Å². The maximum Gasteiger partial charge on any atom is 0.167 e. The second-order valence-corrected chi connectivity index (χ2v) is 17.6. The average molecular weight is 973 g/mol. The minimum atomic E-state index is -0.119. The maximum absolute atomic E-state index is 5.78. The number of anilines is 2. The van der Waals surface area contributed by atoms with Gasteiger partial charge in [0.2, 0.25) is 0 Å². The first-order valence-corrected chi connectivity index (χ1v) is 23.9. The van der Waals surface area contributed by atoms with Crippen molar-refractivity contribution < 1.29 is 37.9 Å². The topological polar surface area (TPSA) is 104 Å². The summed E-state index contributed by atoms with van der Waals surface area (Å²) in [5.41, 5.74) is 17.7. The molecule has 2 unspecified atom stereocenters. The summed E-state index contributed by atoms with van der Waals surface area (Å²) in [6.45, 7) is 8.80. The molecule has 12 nitrogen and oxygen atoms in total. The van der Waals surface area contributed by atoms with E-state index in [1.165, 1.54) is 11.1 Å². The van der Waals surface area contributed by atoms with E-state index in [0.717, 1.165) is 68.0 Å². The molecule has 0 aromatic heterocycles. The second kappa shape index (κ2) is 24.1. The standard InChI is InChI=1S/2C30H34N2O4/c1-20(2)21-8-12-24(13-9-21)32-28(27-16-15-26(34-4)19-30(27)36-6)17-23(31-32)11-7-22-10-14-25(33-3)18-29(22)35-5;1-20(2)21-14-17-24(18-15-21)32-26(25-10-8-12-28(34-4)30(25)36-6)19-23(31-32)16-13-22-9-7-11-27(33-3)29(22)35-5/h7-20,28,31H,1-6H3;7-20,26,31H,1-6H3. The number of hydrogen-bond donors (Lipinski definition) is 2. The zero-order valence-electron chi connectivity index (χ0n) is 43.5. The zero-order chi connectivity index (χ0) is 51.3. The lowest BCUT2D eigenvalue weighted by Crippen LogP contribution is -2.34. The fourth-order valence-corrected chi connectivity index (χ4v) is 8.68. The Morgan fingerprint density at radius 1 is 0.403 bits per heavy atom. The SMILES string of the molecule is COc1ccc(C=CC2=CC(c3ccc(OC)cc3OC)N(c3ccc(C(C)C)cc3)N2)c(OC)c1.COc1cccc(C=CC2=CC(c3cccc(OC)c3OC)N(c3ccc(C(C)C)cc3)N2)c1OC. The number of methoxy groups -OCH3 is 8. The Balaban J connectivity index is 0.000000211. The van der Waals surface area contributed by atoms with Gasteiger partial charge in [-0.3, -0.25) is 20.9 Å². The first kappa shape index (κ1) is 51.7. The highest BCUT2D eigenvalue weighted by Crippen LogP contribution is 2.43. The molecule has 72 heavy (non-hydrogen) atoms. The van der Waals surface area contributed by atoms with Gasteiger partial charge in [-0.05, 0) is 120 Å². The van der Waals surface area contributed by atoms with Gasteiger partial charge in [0.1, 0.15) is 23.0 Å². The molecular weight excluding hydrogens is 905 g/mol. The van der Waals surface area contributed by atoms with Crippen LogP contribution in [0.5, 0.6) is 46.0 Å². The Morgan fingerprint density at radius 2 is 0.861 bits per heavy atom. The predicted octanol–water partition coefficient (Wildman–Crippen LogP) is 13.0. The largest absolute Gasteiger partial charge is 0.497 e. The predicted molar refractivity (Wildman–Crippen MR) is 290 cm³/mol. The number of hydrazine groups is 2. The summed E-state index contributed by atoms with van der Waals surface area (Å²) in [6, 6.07) is 40.6. The number of allylic oxidation sites excluding steroid dienone is 2. The third-order valence-corrected chi connectivity index (χ3v) is 12.7. The third kappa shape index (κ3) is 11.7. The molecule has 0 amide bonds. The minimum Gasteiger partial charge on any atom is -0.497 e. The molecule has 6 aromatic carbocycles. The Labute approximate surface area is 425 Å². The normalized spacial score (nSPS) is 15.1. The smallest absolute Gasteiger partial charge is 0.167 e. The number of nitrogens with one attached hydrogen (secondary N) is 2. The van der Waals surface area contributed by atoms with Crippen LogP contribution in [0.2, 0.25) is 0 Å². The van der Waals surface area contributed by atoms with Gasteiger partial charge in [0, 0.05) is 34.4 Å². The molecule has 2 N–H and O–H groups in total. The van der Waals surface area contributed by atoms with Gasteiger partial charge in [-0.15, -0.1) is 0 Å². The molecule has 2 atom stereocenters.